The highest BCUT2D eigenvalue weighted by Crippen LogP contribution is 2.12. The van der Waals surface area contributed by atoms with E-state index in [-0.39, 0.29) is 6.54 Å². The molecule has 3 aromatic rings. The number of nitrogens with one attached hydrogen (secondary N) is 2. The third-order valence-electron chi connectivity index (χ3n) is 4.31. The molecular formula is C18H21N7O2. The number of amides is 2. The third kappa shape index (κ3) is 4.38. The fraction of sp³-hybridized carbons (Fsp3) is 0.278. The molecule has 0 atom stereocenters. The predicted octanol–water partition coefficient (Wildman–Crippen LogP) is 0.932. The zero-order chi connectivity index (χ0) is 19.4. The standard InChI is InChI=1S/C18H21N7O2/c1-12-16(13(2)24(3)23-12)8-20-17(26)18(27)22-15-6-4-14(5-7-15)9-25-11-19-10-21-25/h4-7,10-11H,8-9H2,1-3H3,(H,20,26)(H,22,27). The number of benzene rings is 1. The lowest BCUT2D eigenvalue weighted by atomic mass is 10.2. The molecule has 1 aromatic carbocycles. The molecule has 9 heteroatoms. The average molecular weight is 367 g/mol. The molecule has 9 nitrogen and oxygen atoms in total. The maximum absolute atomic E-state index is 12.1. The van der Waals surface area contributed by atoms with Crippen LogP contribution in [0.1, 0.15) is 22.5 Å². The van der Waals surface area contributed by atoms with Crippen molar-refractivity contribution >= 4 is 17.5 Å². The first-order valence-electron chi connectivity index (χ1n) is 8.43. The Balaban J connectivity index is 1.54. The van der Waals surface area contributed by atoms with E-state index in [2.05, 4.69) is 25.8 Å². The Labute approximate surface area is 156 Å². The molecule has 3 rings (SSSR count). The first-order chi connectivity index (χ1) is 12.9. The molecule has 27 heavy (non-hydrogen) atoms. The molecule has 2 amide bonds. The van der Waals surface area contributed by atoms with Gasteiger partial charge in [0.25, 0.3) is 0 Å². The van der Waals surface area contributed by atoms with Gasteiger partial charge < -0.3 is 10.6 Å². The Morgan fingerprint density at radius 2 is 1.85 bits per heavy atom. The summed E-state index contributed by atoms with van der Waals surface area (Å²) in [7, 11) is 1.84. The minimum absolute atomic E-state index is 0.259. The van der Waals surface area contributed by atoms with Crippen LogP contribution in [0.25, 0.3) is 0 Å². The van der Waals surface area contributed by atoms with Crippen molar-refractivity contribution in [2.75, 3.05) is 5.32 Å². The molecular weight excluding hydrogens is 346 g/mol. The molecule has 0 unspecified atom stereocenters. The number of carbonyl (C=O) groups excluding carboxylic acids is 2. The van der Waals surface area contributed by atoms with Gasteiger partial charge in [0.2, 0.25) is 0 Å². The van der Waals surface area contributed by atoms with Gasteiger partial charge in [0.1, 0.15) is 12.7 Å². The van der Waals surface area contributed by atoms with Gasteiger partial charge in [-0.3, -0.25) is 14.3 Å². The lowest BCUT2D eigenvalue weighted by Crippen LogP contribution is -2.35. The van der Waals surface area contributed by atoms with Crippen molar-refractivity contribution < 1.29 is 9.59 Å². The summed E-state index contributed by atoms with van der Waals surface area (Å²) >= 11 is 0. The van der Waals surface area contributed by atoms with Crippen LogP contribution in [0.15, 0.2) is 36.9 Å². The quantitative estimate of drug-likeness (QED) is 0.653. The van der Waals surface area contributed by atoms with E-state index in [1.165, 1.54) is 6.33 Å². The van der Waals surface area contributed by atoms with Gasteiger partial charge in [-0.1, -0.05) is 12.1 Å². The van der Waals surface area contributed by atoms with Crippen LogP contribution in [0, 0.1) is 13.8 Å². The molecule has 0 spiro atoms. The van der Waals surface area contributed by atoms with Crippen LogP contribution < -0.4 is 10.6 Å². The van der Waals surface area contributed by atoms with Crippen molar-refractivity contribution in [1.82, 2.24) is 29.9 Å². The Morgan fingerprint density at radius 1 is 1.11 bits per heavy atom. The van der Waals surface area contributed by atoms with Crippen molar-refractivity contribution in [3.8, 4) is 0 Å². The number of carbonyl (C=O) groups is 2. The summed E-state index contributed by atoms with van der Waals surface area (Å²) in [5.74, 6) is -1.40. The van der Waals surface area contributed by atoms with E-state index in [0.717, 1.165) is 22.5 Å². The Morgan fingerprint density at radius 3 is 2.44 bits per heavy atom. The number of rotatable bonds is 5. The summed E-state index contributed by atoms with van der Waals surface area (Å²) in [5.41, 5.74) is 4.25. The lowest BCUT2D eigenvalue weighted by molar-refractivity contribution is -0.136. The van der Waals surface area contributed by atoms with Gasteiger partial charge in [-0.15, -0.1) is 0 Å². The topological polar surface area (TPSA) is 107 Å². The zero-order valence-corrected chi connectivity index (χ0v) is 15.4. The SMILES string of the molecule is Cc1nn(C)c(C)c1CNC(=O)C(=O)Nc1ccc(Cn2cncn2)cc1. The molecule has 0 saturated carbocycles. The smallest absolute Gasteiger partial charge is 0.313 e. The van der Waals surface area contributed by atoms with Crippen LogP contribution in [0.4, 0.5) is 5.69 Å². The molecule has 2 N–H and O–H groups in total. The van der Waals surface area contributed by atoms with Crippen LogP contribution >= 0.6 is 0 Å². The van der Waals surface area contributed by atoms with E-state index in [1.54, 1.807) is 27.8 Å². The summed E-state index contributed by atoms with van der Waals surface area (Å²) < 4.78 is 3.45. The molecule has 0 aliphatic rings. The predicted molar refractivity (Wildman–Crippen MR) is 98.7 cm³/mol. The second-order valence-corrected chi connectivity index (χ2v) is 6.20. The first kappa shape index (κ1) is 18.3. The van der Waals surface area contributed by atoms with Gasteiger partial charge in [0.05, 0.1) is 12.2 Å². The van der Waals surface area contributed by atoms with E-state index >= 15 is 0 Å². The van der Waals surface area contributed by atoms with E-state index < -0.39 is 11.8 Å². The van der Waals surface area contributed by atoms with E-state index in [1.807, 2.05) is 33.0 Å². The number of hydrogen-bond donors (Lipinski definition) is 2. The molecule has 0 bridgehead atoms. The van der Waals surface area contributed by atoms with Crippen molar-refractivity contribution in [2.45, 2.75) is 26.9 Å². The van der Waals surface area contributed by atoms with Crippen molar-refractivity contribution in [2.24, 2.45) is 7.05 Å². The summed E-state index contributed by atoms with van der Waals surface area (Å²) in [6.45, 7) is 4.63. The number of hydrogen-bond acceptors (Lipinski definition) is 5. The maximum atomic E-state index is 12.1. The molecule has 0 fully saturated rings. The summed E-state index contributed by atoms with van der Waals surface area (Å²) in [6, 6.07) is 7.20. The highest BCUT2D eigenvalue weighted by atomic mass is 16.2. The maximum Gasteiger partial charge on any atom is 0.313 e. The minimum Gasteiger partial charge on any atom is -0.344 e. The minimum atomic E-state index is -0.710. The summed E-state index contributed by atoms with van der Waals surface area (Å²) in [5, 5.41) is 13.6. The van der Waals surface area contributed by atoms with Gasteiger partial charge in [0.15, 0.2) is 0 Å². The molecule has 0 radical (unpaired) electrons. The molecule has 0 saturated heterocycles. The fourth-order valence-corrected chi connectivity index (χ4v) is 2.71. The highest BCUT2D eigenvalue weighted by Gasteiger charge is 2.16. The average Bonchev–Trinajstić information content (AvgIpc) is 3.23. The van der Waals surface area contributed by atoms with Crippen LogP contribution in [-0.2, 0) is 29.7 Å². The lowest BCUT2D eigenvalue weighted by Gasteiger charge is -2.08. The number of aryl methyl sites for hydroxylation is 2. The molecule has 0 aliphatic carbocycles. The van der Waals surface area contributed by atoms with Crippen LogP contribution in [-0.4, -0.2) is 36.4 Å². The van der Waals surface area contributed by atoms with Crippen LogP contribution in [0.3, 0.4) is 0 Å². The summed E-state index contributed by atoms with van der Waals surface area (Å²) in [4.78, 5) is 28.0. The Bertz CT molecular complexity index is 943. The van der Waals surface area contributed by atoms with Crippen molar-refractivity contribution in [3.05, 3.63) is 59.4 Å². The summed E-state index contributed by atoms with van der Waals surface area (Å²) in [6.07, 6.45) is 3.10. The Hall–Kier alpha value is -3.49. The van der Waals surface area contributed by atoms with Gasteiger partial charge >= 0.3 is 11.8 Å². The van der Waals surface area contributed by atoms with E-state index in [9.17, 15) is 9.59 Å². The second-order valence-electron chi connectivity index (χ2n) is 6.20. The molecule has 2 heterocycles. The monoisotopic (exact) mass is 367 g/mol. The number of nitrogens with zero attached hydrogens (tertiary/aromatic N) is 5. The van der Waals surface area contributed by atoms with Crippen molar-refractivity contribution in [1.29, 1.82) is 0 Å². The largest absolute Gasteiger partial charge is 0.344 e. The van der Waals surface area contributed by atoms with Gasteiger partial charge in [-0.25, -0.2) is 9.67 Å². The van der Waals surface area contributed by atoms with Crippen molar-refractivity contribution in [3.63, 3.8) is 0 Å². The van der Waals surface area contributed by atoms with Crippen LogP contribution in [0.5, 0.6) is 0 Å². The van der Waals surface area contributed by atoms with Gasteiger partial charge in [0, 0.05) is 30.5 Å². The first-order valence-corrected chi connectivity index (χ1v) is 8.43. The van der Waals surface area contributed by atoms with Gasteiger partial charge in [-0.2, -0.15) is 10.2 Å². The molecule has 0 aliphatic heterocycles. The fourth-order valence-electron chi connectivity index (χ4n) is 2.71. The normalized spacial score (nSPS) is 10.6. The third-order valence-corrected chi connectivity index (χ3v) is 4.31. The zero-order valence-electron chi connectivity index (χ0n) is 15.4. The van der Waals surface area contributed by atoms with E-state index in [4.69, 9.17) is 0 Å². The van der Waals surface area contributed by atoms with Gasteiger partial charge in [-0.05, 0) is 31.5 Å². The Kier molecular flexibility index (Phi) is 5.30. The number of aromatic nitrogens is 5. The molecule has 140 valence electrons. The second kappa shape index (κ2) is 7.81. The number of anilines is 1. The van der Waals surface area contributed by atoms with Crippen LogP contribution in [0.2, 0.25) is 0 Å². The highest BCUT2D eigenvalue weighted by molar-refractivity contribution is 6.39. The van der Waals surface area contributed by atoms with E-state index in [0.29, 0.717) is 12.2 Å². The molecule has 2 aromatic heterocycles.